The SMILES string of the molecule is CCCCCC(C)Cc1ccc(N(c2ccccc2)c2ccc(CC(C)CCCCC)cc2)cc1. The van der Waals surface area contributed by atoms with Gasteiger partial charge >= 0.3 is 0 Å². The quantitative estimate of drug-likeness (QED) is 0.200. The molecule has 3 aromatic carbocycles. The van der Waals surface area contributed by atoms with E-state index >= 15 is 0 Å². The zero-order chi connectivity index (χ0) is 24.9. The van der Waals surface area contributed by atoms with Crippen LogP contribution < -0.4 is 4.90 Å². The van der Waals surface area contributed by atoms with Crippen LogP contribution in [0.15, 0.2) is 78.9 Å². The van der Waals surface area contributed by atoms with Crippen LogP contribution in [0.2, 0.25) is 0 Å². The van der Waals surface area contributed by atoms with Crippen molar-refractivity contribution in [1.82, 2.24) is 0 Å². The molecule has 0 N–H and O–H groups in total. The Morgan fingerprint density at radius 3 is 1.31 bits per heavy atom. The second-order valence-corrected chi connectivity index (χ2v) is 10.6. The molecule has 188 valence electrons. The number of benzene rings is 3. The van der Waals surface area contributed by atoms with E-state index in [2.05, 4.69) is 111 Å². The number of hydrogen-bond donors (Lipinski definition) is 0. The highest BCUT2D eigenvalue weighted by molar-refractivity contribution is 5.76. The number of rotatable bonds is 15. The Bertz CT molecular complexity index is 881. The lowest BCUT2D eigenvalue weighted by atomic mass is 9.95. The van der Waals surface area contributed by atoms with Crippen LogP contribution in [-0.2, 0) is 12.8 Å². The summed E-state index contributed by atoms with van der Waals surface area (Å²) in [6.07, 6.45) is 13.0. The van der Waals surface area contributed by atoms with Crippen LogP contribution >= 0.6 is 0 Å². The van der Waals surface area contributed by atoms with Crippen molar-refractivity contribution in [3.63, 3.8) is 0 Å². The summed E-state index contributed by atoms with van der Waals surface area (Å²) in [5.41, 5.74) is 6.53. The van der Waals surface area contributed by atoms with Gasteiger partial charge in [0.05, 0.1) is 0 Å². The molecule has 0 radical (unpaired) electrons. The monoisotopic (exact) mass is 469 g/mol. The molecule has 0 aromatic heterocycles. The van der Waals surface area contributed by atoms with Crippen LogP contribution in [0.3, 0.4) is 0 Å². The third-order valence-electron chi connectivity index (χ3n) is 7.17. The summed E-state index contributed by atoms with van der Waals surface area (Å²) in [5, 5.41) is 0. The number of para-hydroxylation sites is 1. The molecule has 0 aliphatic rings. The molecule has 0 amide bonds. The number of nitrogens with zero attached hydrogens (tertiary/aromatic N) is 1. The maximum atomic E-state index is 2.39. The molecule has 2 atom stereocenters. The normalized spacial score (nSPS) is 12.9. The summed E-state index contributed by atoms with van der Waals surface area (Å²) < 4.78 is 0. The van der Waals surface area contributed by atoms with E-state index in [0.717, 1.165) is 11.8 Å². The van der Waals surface area contributed by atoms with Gasteiger partial charge in [0.15, 0.2) is 0 Å². The third-order valence-corrected chi connectivity index (χ3v) is 7.17. The van der Waals surface area contributed by atoms with Crippen LogP contribution in [0.1, 0.15) is 90.2 Å². The molecule has 3 rings (SSSR count). The summed E-state index contributed by atoms with van der Waals surface area (Å²) in [6, 6.07) is 29.2. The molecular weight excluding hydrogens is 422 g/mol. The van der Waals surface area contributed by atoms with E-state index in [1.165, 1.54) is 92.4 Å². The molecule has 0 aliphatic heterocycles. The lowest BCUT2D eigenvalue weighted by Gasteiger charge is -2.26. The zero-order valence-electron chi connectivity index (χ0n) is 22.7. The predicted molar refractivity (Wildman–Crippen MR) is 155 cm³/mol. The van der Waals surface area contributed by atoms with Gasteiger partial charge in [0.2, 0.25) is 0 Å². The van der Waals surface area contributed by atoms with Crippen LogP contribution in [0.5, 0.6) is 0 Å². The maximum Gasteiger partial charge on any atom is 0.0461 e. The van der Waals surface area contributed by atoms with Crippen molar-refractivity contribution < 1.29 is 0 Å². The highest BCUT2D eigenvalue weighted by Crippen LogP contribution is 2.35. The van der Waals surface area contributed by atoms with Gasteiger partial charge in [0.25, 0.3) is 0 Å². The van der Waals surface area contributed by atoms with Gasteiger partial charge in [0.1, 0.15) is 0 Å². The van der Waals surface area contributed by atoms with Gasteiger partial charge in [-0.2, -0.15) is 0 Å². The Kier molecular flexibility index (Phi) is 11.4. The topological polar surface area (TPSA) is 3.24 Å². The minimum atomic E-state index is 0.745. The van der Waals surface area contributed by atoms with E-state index in [-0.39, 0.29) is 0 Å². The molecule has 2 unspecified atom stereocenters. The molecule has 1 heteroatoms. The number of hydrogen-bond acceptors (Lipinski definition) is 1. The molecular formula is C34H47N. The molecule has 3 aromatic rings. The van der Waals surface area contributed by atoms with E-state index in [9.17, 15) is 0 Å². The summed E-state index contributed by atoms with van der Waals surface area (Å²) in [7, 11) is 0. The van der Waals surface area contributed by atoms with E-state index in [4.69, 9.17) is 0 Å². The summed E-state index contributed by atoms with van der Waals surface area (Å²) in [4.78, 5) is 2.38. The van der Waals surface area contributed by atoms with Crippen molar-refractivity contribution in [2.45, 2.75) is 91.9 Å². The molecule has 1 nitrogen and oxygen atoms in total. The first-order chi connectivity index (χ1) is 17.1. The average molecular weight is 470 g/mol. The minimum absolute atomic E-state index is 0.745. The highest BCUT2D eigenvalue weighted by Gasteiger charge is 2.13. The molecule has 0 aliphatic carbocycles. The first kappa shape index (κ1) is 27.1. The average Bonchev–Trinajstić information content (AvgIpc) is 2.87. The largest absolute Gasteiger partial charge is 0.311 e. The maximum absolute atomic E-state index is 2.39. The molecule has 0 heterocycles. The molecule has 0 fully saturated rings. The van der Waals surface area contributed by atoms with Crippen LogP contribution in [0, 0.1) is 11.8 Å². The second kappa shape index (κ2) is 14.8. The Labute approximate surface area is 215 Å². The first-order valence-corrected chi connectivity index (χ1v) is 14.1. The Morgan fingerprint density at radius 2 is 0.914 bits per heavy atom. The number of anilines is 3. The van der Waals surface area contributed by atoms with E-state index in [0.29, 0.717) is 0 Å². The fraction of sp³-hybridized carbons (Fsp3) is 0.471. The van der Waals surface area contributed by atoms with Crippen molar-refractivity contribution >= 4 is 17.1 Å². The first-order valence-electron chi connectivity index (χ1n) is 14.1. The predicted octanol–water partition coefficient (Wildman–Crippen LogP) is 10.7. The second-order valence-electron chi connectivity index (χ2n) is 10.6. The minimum Gasteiger partial charge on any atom is -0.311 e. The fourth-order valence-corrected chi connectivity index (χ4v) is 5.08. The van der Waals surface area contributed by atoms with Gasteiger partial charge in [-0.3, -0.25) is 0 Å². The Hall–Kier alpha value is -2.54. The van der Waals surface area contributed by atoms with Crippen molar-refractivity contribution in [2.75, 3.05) is 4.90 Å². The highest BCUT2D eigenvalue weighted by atomic mass is 15.1. The molecule has 0 spiro atoms. The molecule has 0 saturated heterocycles. The Balaban J connectivity index is 1.73. The van der Waals surface area contributed by atoms with E-state index < -0.39 is 0 Å². The van der Waals surface area contributed by atoms with E-state index in [1.807, 2.05) is 0 Å². The number of unbranched alkanes of at least 4 members (excludes halogenated alkanes) is 4. The zero-order valence-corrected chi connectivity index (χ0v) is 22.7. The third kappa shape index (κ3) is 8.88. The molecule has 0 bridgehead atoms. The fourth-order valence-electron chi connectivity index (χ4n) is 5.08. The van der Waals surface area contributed by atoms with Crippen molar-refractivity contribution in [3.05, 3.63) is 90.0 Å². The van der Waals surface area contributed by atoms with Gasteiger partial charge in [-0.1, -0.05) is 122 Å². The van der Waals surface area contributed by atoms with Gasteiger partial charge in [-0.15, -0.1) is 0 Å². The lowest BCUT2D eigenvalue weighted by Crippen LogP contribution is -2.10. The van der Waals surface area contributed by atoms with Crippen molar-refractivity contribution in [3.8, 4) is 0 Å². The summed E-state index contributed by atoms with van der Waals surface area (Å²) in [6.45, 7) is 9.35. The smallest absolute Gasteiger partial charge is 0.0461 e. The van der Waals surface area contributed by atoms with Crippen LogP contribution in [0.4, 0.5) is 17.1 Å². The molecule has 0 saturated carbocycles. The van der Waals surface area contributed by atoms with E-state index in [1.54, 1.807) is 0 Å². The standard InChI is InChI=1S/C34H47N/c1-5-7-10-14-28(3)26-30-18-22-33(23-19-30)35(32-16-12-9-13-17-32)34-24-20-31(21-25-34)27-29(4)15-11-8-6-2/h9,12-13,16-25,28-29H,5-8,10-11,14-15,26-27H2,1-4H3. The van der Waals surface area contributed by atoms with Crippen molar-refractivity contribution in [1.29, 1.82) is 0 Å². The van der Waals surface area contributed by atoms with Gasteiger partial charge in [-0.05, 0) is 72.2 Å². The van der Waals surface area contributed by atoms with Gasteiger partial charge in [-0.25, -0.2) is 0 Å². The van der Waals surface area contributed by atoms with Crippen LogP contribution in [-0.4, -0.2) is 0 Å². The Morgan fingerprint density at radius 1 is 0.514 bits per heavy atom. The van der Waals surface area contributed by atoms with Gasteiger partial charge in [0, 0.05) is 17.1 Å². The van der Waals surface area contributed by atoms with Gasteiger partial charge < -0.3 is 4.90 Å². The summed E-state index contributed by atoms with van der Waals surface area (Å²) >= 11 is 0. The van der Waals surface area contributed by atoms with Crippen LogP contribution in [0.25, 0.3) is 0 Å². The lowest BCUT2D eigenvalue weighted by molar-refractivity contribution is 0.493. The van der Waals surface area contributed by atoms with Crippen molar-refractivity contribution in [2.24, 2.45) is 11.8 Å². The summed E-state index contributed by atoms with van der Waals surface area (Å²) in [5.74, 6) is 1.49. The molecule has 35 heavy (non-hydrogen) atoms.